The lowest BCUT2D eigenvalue weighted by Crippen LogP contribution is -2.47. The Morgan fingerprint density at radius 3 is 2.41 bits per heavy atom. The van der Waals surface area contributed by atoms with Crippen molar-refractivity contribution in [3.63, 3.8) is 0 Å². The Balaban J connectivity index is 2.21. The minimum Gasteiger partial charge on any atom is -0.384 e. The third kappa shape index (κ3) is 2.56. The molecule has 0 atom stereocenters. The predicted octanol–water partition coefficient (Wildman–Crippen LogP) is -0.400. The molecule has 0 unspecified atom stereocenters. The molecule has 2 N–H and O–H groups in total. The van der Waals surface area contributed by atoms with Crippen LogP contribution in [0.25, 0.3) is 0 Å². The number of hydrogen-bond acceptors (Lipinski definition) is 5. The molecule has 0 aliphatic carbocycles. The molecule has 1 aromatic rings. The smallest absolute Gasteiger partial charge is 0.244 e. The highest BCUT2D eigenvalue weighted by Gasteiger charge is 2.27. The number of nitrogens with zero attached hydrogens (tertiary/aromatic N) is 3. The van der Waals surface area contributed by atoms with Crippen LogP contribution in [0.2, 0.25) is 0 Å². The Labute approximate surface area is 101 Å². The number of anilines is 1. The van der Waals surface area contributed by atoms with Crippen LogP contribution < -0.4 is 5.73 Å². The molecule has 2 heterocycles. The van der Waals surface area contributed by atoms with Gasteiger partial charge in [0.25, 0.3) is 0 Å². The summed E-state index contributed by atoms with van der Waals surface area (Å²) in [7, 11) is -1.43. The number of nitrogen functional groups attached to an aromatic ring is 1. The Bertz CT molecular complexity index is 478. The lowest BCUT2D eigenvalue weighted by atomic mass is 10.4. The first kappa shape index (κ1) is 12.3. The summed E-state index contributed by atoms with van der Waals surface area (Å²) in [6, 6.07) is 3.00. The fourth-order valence-corrected chi connectivity index (χ4v) is 3.09. The van der Waals surface area contributed by atoms with Gasteiger partial charge in [0.1, 0.15) is 10.7 Å². The van der Waals surface area contributed by atoms with E-state index in [-0.39, 0.29) is 4.90 Å². The van der Waals surface area contributed by atoms with E-state index in [1.54, 1.807) is 0 Å². The van der Waals surface area contributed by atoms with Gasteiger partial charge >= 0.3 is 0 Å². The maximum Gasteiger partial charge on any atom is 0.244 e. The standard InChI is InChI=1S/C10H16N4O2S/c1-13-4-6-14(7-5-13)17(15,16)9-2-3-10(11)12-8-9/h2-3,8H,4-7H2,1H3,(H2,11,12). The highest BCUT2D eigenvalue weighted by molar-refractivity contribution is 7.89. The number of nitrogens with two attached hydrogens (primary N) is 1. The fraction of sp³-hybridized carbons (Fsp3) is 0.500. The van der Waals surface area contributed by atoms with Crippen molar-refractivity contribution in [3.05, 3.63) is 18.3 Å². The Morgan fingerprint density at radius 1 is 1.24 bits per heavy atom. The Morgan fingerprint density at radius 2 is 1.88 bits per heavy atom. The average Bonchev–Trinajstić information content (AvgIpc) is 2.30. The van der Waals surface area contributed by atoms with Gasteiger partial charge in [-0.3, -0.25) is 0 Å². The summed E-state index contributed by atoms with van der Waals surface area (Å²) in [5, 5.41) is 0. The van der Waals surface area contributed by atoms with Crippen molar-refractivity contribution in [3.8, 4) is 0 Å². The summed E-state index contributed by atoms with van der Waals surface area (Å²) in [6.45, 7) is 2.54. The van der Waals surface area contributed by atoms with Crippen LogP contribution in [0, 0.1) is 0 Å². The molecular weight excluding hydrogens is 240 g/mol. The van der Waals surface area contributed by atoms with Crippen molar-refractivity contribution in [1.82, 2.24) is 14.2 Å². The monoisotopic (exact) mass is 256 g/mol. The van der Waals surface area contributed by atoms with Crippen LogP contribution in [0.4, 0.5) is 5.82 Å². The first-order valence-corrected chi connectivity index (χ1v) is 6.84. The molecule has 6 nitrogen and oxygen atoms in total. The van der Waals surface area contributed by atoms with Gasteiger partial charge in [0.2, 0.25) is 10.0 Å². The molecule has 17 heavy (non-hydrogen) atoms. The van der Waals surface area contributed by atoms with E-state index in [9.17, 15) is 8.42 Å². The molecule has 0 radical (unpaired) electrons. The molecule has 94 valence electrons. The number of pyridine rings is 1. The summed E-state index contributed by atoms with van der Waals surface area (Å²) in [5.41, 5.74) is 5.44. The van der Waals surface area contributed by atoms with Crippen molar-refractivity contribution >= 4 is 15.8 Å². The Hall–Kier alpha value is -1.18. The van der Waals surface area contributed by atoms with Crippen molar-refractivity contribution in [2.75, 3.05) is 39.0 Å². The highest BCUT2D eigenvalue weighted by atomic mass is 32.2. The molecule has 1 aliphatic heterocycles. The molecule has 1 aromatic heterocycles. The zero-order valence-corrected chi connectivity index (χ0v) is 10.5. The minimum atomic E-state index is -3.41. The summed E-state index contributed by atoms with van der Waals surface area (Å²) in [5.74, 6) is 0.322. The molecule has 7 heteroatoms. The average molecular weight is 256 g/mol. The quantitative estimate of drug-likeness (QED) is 0.779. The molecule has 1 saturated heterocycles. The van der Waals surface area contributed by atoms with Crippen molar-refractivity contribution < 1.29 is 8.42 Å². The second-order valence-corrected chi connectivity index (χ2v) is 6.06. The maximum atomic E-state index is 12.2. The molecule has 0 saturated carbocycles. The number of likely N-dealkylation sites (N-methyl/N-ethyl adjacent to an activating group) is 1. The Kier molecular flexibility index (Phi) is 3.32. The topological polar surface area (TPSA) is 79.5 Å². The van der Waals surface area contributed by atoms with E-state index in [0.717, 1.165) is 13.1 Å². The van der Waals surface area contributed by atoms with Gasteiger partial charge in [0.15, 0.2) is 0 Å². The summed E-state index contributed by atoms with van der Waals surface area (Å²) in [4.78, 5) is 6.13. The predicted molar refractivity (Wildman–Crippen MR) is 64.9 cm³/mol. The van der Waals surface area contributed by atoms with E-state index in [0.29, 0.717) is 18.9 Å². The van der Waals surface area contributed by atoms with E-state index in [1.807, 2.05) is 7.05 Å². The van der Waals surface area contributed by atoms with E-state index in [1.165, 1.54) is 22.6 Å². The molecule has 1 fully saturated rings. The van der Waals surface area contributed by atoms with E-state index < -0.39 is 10.0 Å². The molecule has 0 spiro atoms. The normalized spacial score (nSPS) is 19.4. The zero-order chi connectivity index (χ0) is 12.5. The lowest BCUT2D eigenvalue weighted by molar-refractivity contribution is 0.222. The maximum absolute atomic E-state index is 12.2. The van der Waals surface area contributed by atoms with Gasteiger partial charge in [-0.2, -0.15) is 4.31 Å². The van der Waals surface area contributed by atoms with Gasteiger partial charge in [0, 0.05) is 32.4 Å². The van der Waals surface area contributed by atoms with E-state index in [4.69, 9.17) is 5.73 Å². The first-order valence-electron chi connectivity index (χ1n) is 5.40. The van der Waals surface area contributed by atoms with Crippen LogP contribution in [0.5, 0.6) is 0 Å². The second kappa shape index (κ2) is 4.59. The van der Waals surface area contributed by atoms with Crippen LogP contribution >= 0.6 is 0 Å². The van der Waals surface area contributed by atoms with Gasteiger partial charge in [-0.25, -0.2) is 13.4 Å². The molecule has 2 rings (SSSR count). The molecule has 0 amide bonds. The van der Waals surface area contributed by atoms with Gasteiger partial charge in [-0.05, 0) is 19.2 Å². The van der Waals surface area contributed by atoms with Gasteiger partial charge in [-0.15, -0.1) is 0 Å². The van der Waals surface area contributed by atoms with Crippen LogP contribution in [-0.4, -0.2) is 55.8 Å². The SMILES string of the molecule is CN1CCN(S(=O)(=O)c2ccc(N)nc2)CC1. The van der Waals surface area contributed by atoms with Gasteiger partial charge in [-0.1, -0.05) is 0 Å². The summed E-state index contributed by atoms with van der Waals surface area (Å²) in [6.07, 6.45) is 1.31. The number of hydrogen-bond donors (Lipinski definition) is 1. The van der Waals surface area contributed by atoms with Crippen LogP contribution in [0.15, 0.2) is 23.2 Å². The van der Waals surface area contributed by atoms with E-state index in [2.05, 4.69) is 9.88 Å². The van der Waals surface area contributed by atoms with Gasteiger partial charge in [0.05, 0.1) is 0 Å². The van der Waals surface area contributed by atoms with Crippen LogP contribution in [-0.2, 0) is 10.0 Å². The molecule has 1 aliphatic rings. The third-order valence-corrected chi connectivity index (χ3v) is 4.74. The number of sulfonamides is 1. The lowest BCUT2D eigenvalue weighted by Gasteiger charge is -2.31. The van der Waals surface area contributed by atoms with Gasteiger partial charge < -0.3 is 10.6 Å². The first-order chi connectivity index (χ1) is 8.00. The molecule has 0 aromatic carbocycles. The third-order valence-electron chi connectivity index (χ3n) is 2.86. The van der Waals surface area contributed by atoms with E-state index >= 15 is 0 Å². The van der Waals surface area contributed by atoms with Crippen LogP contribution in [0.1, 0.15) is 0 Å². The molecular formula is C10H16N4O2S. The molecule has 0 bridgehead atoms. The largest absolute Gasteiger partial charge is 0.384 e. The number of rotatable bonds is 2. The number of piperazine rings is 1. The van der Waals surface area contributed by atoms with Crippen LogP contribution in [0.3, 0.4) is 0 Å². The summed E-state index contributed by atoms with van der Waals surface area (Å²) >= 11 is 0. The highest BCUT2D eigenvalue weighted by Crippen LogP contribution is 2.16. The number of aromatic nitrogens is 1. The fourth-order valence-electron chi connectivity index (χ4n) is 1.72. The zero-order valence-electron chi connectivity index (χ0n) is 9.70. The van der Waals surface area contributed by atoms with Crippen molar-refractivity contribution in [2.24, 2.45) is 0 Å². The second-order valence-electron chi connectivity index (χ2n) is 4.13. The minimum absolute atomic E-state index is 0.205. The summed E-state index contributed by atoms with van der Waals surface area (Å²) < 4.78 is 25.9. The van der Waals surface area contributed by atoms with Crippen molar-refractivity contribution in [2.45, 2.75) is 4.90 Å². The van der Waals surface area contributed by atoms with Crippen molar-refractivity contribution in [1.29, 1.82) is 0 Å².